The Morgan fingerprint density at radius 1 is 1.13 bits per heavy atom. The number of imidazole rings is 1. The fourth-order valence-electron chi connectivity index (χ4n) is 3.25. The number of aliphatic hydroxyl groups is 1. The van der Waals surface area contributed by atoms with E-state index in [4.69, 9.17) is 9.84 Å². The number of H-pyrrole nitrogens is 1. The molecule has 10 nitrogen and oxygen atoms in total. The number of hydrogen-bond acceptors (Lipinski definition) is 6. The fraction of sp³-hybridized carbons (Fsp3) is 0.429. The summed E-state index contributed by atoms with van der Waals surface area (Å²) in [6.07, 6.45) is 1.41. The molecule has 0 aliphatic heterocycles. The van der Waals surface area contributed by atoms with Gasteiger partial charge in [0.2, 0.25) is 0 Å². The second-order valence-corrected chi connectivity index (χ2v) is 7.06. The molecule has 0 radical (unpaired) electrons. The van der Waals surface area contributed by atoms with E-state index >= 15 is 0 Å². The van der Waals surface area contributed by atoms with Crippen LogP contribution < -0.4 is 21.3 Å². The van der Waals surface area contributed by atoms with Crippen LogP contribution in [0.25, 0.3) is 22.6 Å². The number of benzene rings is 1. The van der Waals surface area contributed by atoms with Gasteiger partial charge in [-0.05, 0) is 37.1 Å². The minimum Gasteiger partial charge on any atom is -0.484 e. The number of carbonyl (C=O) groups is 1. The third kappa shape index (κ3) is 4.85. The van der Waals surface area contributed by atoms with E-state index in [0.717, 1.165) is 6.42 Å². The predicted molar refractivity (Wildman–Crippen MR) is 116 cm³/mol. The second kappa shape index (κ2) is 10.1. The van der Waals surface area contributed by atoms with Crippen molar-refractivity contribution in [1.29, 1.82) is 0 Å². The highest BCUT2D eigenvalue weighted by molar-refractivity contribution is 5.77. The number of aryl methyl sites for hydroxylation is 1. The molecule has 2 heterocycles. The minimum absolute atomic E-state index is 0.131. The number of hydrogen-bond donors (Lipinski definition) is 3. The number of carbonyl (C=O) groups excluding carboxylic acids is 1. The van der Waals surface area contributed by atoms with E-state index in [1.54, 1.807) is 24.3 Å². The summed E-state index contributed by atoms with van der Waals surface area (Å²) in [5.41, 5.74) is 0.645. The molecule has 1 aromatic carbocycles. The van der Waals surface area contributed by atoms with Gasteiger partial charge in [0.1, 0.15) is 17.1 Å². The van der Waals surface area contributed by atoms with Crippen LogP contribution in [0.15, 0.2) is 33.9 Å². The van der Waals surface area contributed by atoms with Crippen molar-refractivity contribution in [1.82, 2.24) is 24.4 Å². The van der Waals surface area contributed by atoms with E-state index in [-0.39, 0.29) is 36.9 Å². The van der Waals surface area contributed by atoms with Crippen molar-refractivity contribution < 1.29 is 14.6 Å². The average molecular weight is 429 g/mol. The number of aromatic amines is 1. The van der Waals surface area contributed by atoms with Crippen LogP contribution in [0, 0.1) is 0 Å². The van der Waals surface area contributed by atoms with E-state index in [0.29, 0.717) is 47.8 Å². The van der Waals surface area contributed by atoms with Gasteiger partial charge in [0.25, 0.3) is 11.5 Å². The van der Waals surface area contributed by atoms with E-state index in [2.05, 4.69) is 15.3 Å². The molecule has 1 amide bonds. The molecule has 3 N–H and O–H groups in total. The van der Waals surface area contributed by atoms with Crippen LogP contribution in [0.2, 0.25) is 0 Å². The summed E-state index contributed by atoms with van der Waals surface area (Å²) in [5, 5.41) is 11.2. The Kier molecular flexibility index (Phi) is 7.24. The summed E-state index contributed by atoms with van der Waals surface area (Å²) < 4.78 is 8.21. The SMILES string of the molecule is CCCn1c(=O)c2[nH]c(-c3ccc(OCC(=O)NCCO)cc3)nc2n(CCC)c1=O. The summed E-state index contributed by atoms with van der Waals surface area (Å²) in [6.45, 7) is 4.58. The molecule has 0 saturated carbocycles. The van der Waals surface area contributed by atoms with Crippen molar-refractivity contribution in [2.45, 2.75) is 39.8 Å². The third-order valence-corrected chi connectivity index (χ3v) is 4.69. The zero-order valence-corrected chi connectivity index (χ0v) is 17.7. The van der Waals surface area contributed by atoms with Gasteiger partial charge in [-0.25, -0.2) is 9.78 Å². The number of amides is 1. The molecular formula is C21H27N5O5. The highest BCUT2D eigenvalue weighted by atomic mass is 16.5. The number of rotatable bonds is 10. The zero-order valence-electron chi connectivity index (χ0n) is 17.7. The molecule has 0 aliphatic carbocycles. The number of nitrogens with zero attached hydrogens (tertiary/aromatic N) is 3. The third-order valence-electron chi connectivity index (χ3n) is 4.69. The maximum absolute atomic E-state index is 12.8. The standard InChI is InChI=1S/C21H27N5O5/c1-3-10-25-19-17(20(29)26(11-4-2)21(25)30)23-18(24-19)14-5-7-15(8-6-14)31-13-16(28)22-9-12-27/h5-8,27H,3-4,9-13H2,1-2H3,(H,22,28)(H,23,24). The molecule has 0 saturated heterocycles. The Morgan fingerprint density at radius 2 is 1.81 bits per heavy atom. The summed E-state index contributed by atoms with van der Waals surface area (Å²) in [7, 11) is 0. The van der Waals surface area contributed by atoms with Crippen molar-refractivity contribution >= 4 is 17.1 Å². The molecule has 3 aromatic rings. The number of aliphatic hydroxyl groups excluding tert-OH is 1. The Labute approximate surface area is 178 Å². The van der Waals surface area contributed by atoms with E-state index in [9.17, 15) is 14.4 Å². The van der Waals surface area contributed by atoms with Crippen LogP contribution >= 0.6 is 0 Å². The lowest BCUT2D eigenvalue weighted by Crippen LogP contribution is -2.40. The lowest BCUT2D eigenvalue weighted by atomic mass is 10.2. The van der Waals surface area contributed by atoms with Crippen molar-refractivity contribution in [3.05, 3.63) is 45.1 Å². The number of ether oxygens (including phenoxy) is 1. The number of fused-ring (bicyclic) bond motifs is 1. The van der Waals surface area contributed by atoms with Gasteiger partial charge < -0.3 is 20.1 Å². The first-order chi connectivity index (χ1) is 15.0. The molecule has 10 heteroatoms. The quantitative estimate of drug-likeness (QED) is 0.438. The normalized spacial score (nSPS) is 11.1. The van der Waals surface area contributed by atoms with Gasteiger partial charge >= 0.3 is 5.69 Å². The highest BCUT2D eigenvalue weighted by Crippen LogP contribution is 2.21. The van der Waals surface area contributed by atoms with Crippen LogP contribution in [0.5, 0.6) is 5.75 Å². The van der Waals surface area contributed by atoms with Gasteiger partial charge in [0.15, 0.2) is 12.3 Å². The van der Waals surface area contributed by atoms with Gasteiger partial charge in [0, 0.05) is 25.2 Å². The lowest BCUT2D eigenvalue weighted by molar-refractivity contribution is -0.123. The van der Waals surface area contributed by atoms with Crippen molar-refractivity contribution in [3.63, 3.8) is 0 Å². The van der Waals surface area contributed by atoms with Crippen LogP contribution in [-0.4, -0.2) is 49.9 Å². The molecule has 0 bridgehead atoms. The first kappa shape index (κ1) is 22.3. The lowest BCUT2D eigenvalue weighted by Gasteiger charge is -2.09. The largest absolute Gasteiger partial charge is 0.484 e. The van der Waals surface area contributed by atoms with Gasteiger partial charge in [-0.3, -0.25) is 18.7 Å². The molecule has 2 aromatic heterocycles. The molecule has 166 valence electrons. The summed E-state index contributed by atoms with van der Waals surface area (Å²) in [5.74, 6) is 0.637. The Bertz CT molecular complexity index is 1160. The molecule has 31 heavy (non-hydrogen) atoms. The van der Waals surface area contributed by atoms with E-state index in [1.165, 1.54) is 9.13 Å². The molecule has 0 aliphatic rings. The second-order valence-electron chi connectivity index (χ2n) is 7.06. The fourth-order valence-corrected chi connectivity index (χ4v) is 3.25. The van der Waals surface area contributed by atoms with Gasteiger partial charge in [-0.15, -0.1) is 0 Å². The Morgan fingerprint density at radius 3 is 2.45 bits per heavy atom. The summed E-state index contributed by atoms with van der Waals surface area (Å²) in [4.78, 5) is 44.8. The maximum atomic E-state index is 12.8. The van der Waals surface area contributed by atoms with Gasteiger partial charge in [-0.2, -0.15) is 0 Å². The van der Waals surface area contributed by atoms with E-state index < -0.39 is 0 Å². The average Bonchev–Trinajstić information content (AvgIpc) is 3.22. The first-order valence-electron chi connectivity index (χ1n) is 10.3. The summed E-state index contributed by atoms with van der Waals surface area (Å²) in [6, 6.07) is 6.89. The van der Waals surface area contributed by atoms with Crippen molar-refractivity contribution in [2.75, 3.05) is 19.8 Å². The molecule has 0 unspecified atom stereocenters. The zero-order chi connectivity index (χ0) is 22.4. The molecular weight excluding hydrogens is 402 g/mol. The molecule has 0 atom stereocenters. The molecule has 0 spiro atoms. The Hall–Kier alpha value is -3.40. The summed E-state index contributed by atoms with van der Waals surface area (Å²) >= 11 is 0. The predicted octanol–water partition coefficient (Wildman–Crippen LogP) is 0.861. The first-order valence-corrected chi connectivity index (χ1v) is 10.3. The Balaban J connectivity index is 1.90. The van der Waals surface area contributed by atoms with Crippen molar-refractivity contribution in [3.8, 4) is 17.1 Å². The minimum atomic E-state index is -0.373. The smallest absolute Gasteiger partial charge is 0.332 e. The van der Waals surface area contributed by atoms with Crippen LogP contribution in [-0.2, 0) is 17.9 Å². The van der Waals surface area contributed by atoms with E-state index in [1.807, 2.05) is 13.8 Å². The van der Waals surface area contributed by atoms with Crippen LogP contribution in [0.3, 0.4) is 0 Å². The topological polar surface area (TPSA) is 131 Å². The number of nitrogens with one attached hydrogen (secondary N) is 2. The molecule has 0 fully saturated rings. The maximum Gasteiger partial charge on any atom is 0.332 e. The monoisotopic (exact) mass is 429 g/mol. The van der Waals surface area contributed by atoms with Crippen LogP contribution in [0.1, 0.15) is 26.7 Å². The highest BCUT2D eigenvalue weighted by Gasteiger charge is 2.17. The molecule has 3 rings (SSSR count). The number of aromatic nitrogens is 4. The van der Waals surface area contributed by atoms with Gasteiger partial charge in [0.05, 0.1) is 6.61 Å². The van der Waals surface area contributed by atoms with Crippen LogP contribution in [0.4, 0.5) is 0 Å². The van der Waals surface area contributed by atoms with Crippen molar-refractivity contribution in [2.24, 2.45) is 0 Å². The van der Waals surface area contributed by atoms with Gasteiger partial charge in [-0.1, -0.05) is 13.8 Å².